The Balaban J connectivity index is 2.01. The van der Waals surface area contributed by atoms with Gasteiger partial charge in [-0.1, -0.05) is 42.0 Å². The molecule has 0 heterocycles. The molecule has 2 aromatic rings. The number of ether oxygens (including phenoxy) is 1. The van der Waals surface area contributed by atoms with E-state index in [0.717, 1.165) is 11.3 Å². The third-order valence-corrected chi connectivity index (χ3v) is 2.91. The molecule has 1 atom stereocenters. The number of rotatable bonds is 4. The Labute approximate surface area is 108 Å². The van der Waals surface area contributed by atoms with E-state index in [9.17, 15) is 0 Å². The van der Waals surface area contributed by atoms with Gasteiger partial charge < -0.3 is 10.5 Å². The Morgan fingerprint density at radius 2 is 1.83 bits per heavy atom. The third kappa shape index (κ3) is 3.34. The first-order valence-electron chi connectivity index (χ1n) is 6.19. The number of hydrogen-bond donors (Lipinski definition) is 1. The smallest absolute Gasteiger partial charge is 0.120 e. The van der Waals surface area contributed by atoms with Crippen molar-refractivity contribution in [2.45, 2.75) is 26.5 Å². The fraction of sp³-hybridized carbons (Fsp3) is 0.250. The molecule has 0 aromatic heterocycles. The minimum atomic E-state index is 0.0351. The molecular formula is C16H19NO. The maximum Gasteiger partial charge on any atom is 0.120 e. The summed E-state index contributed by atoms with van der Waals surface area (Å²) in [4.78, 5) is 0. The summed E-state index contributed by atoms with van der Waals surface area (Å²) in [6, 6.07) is 16.3. The molecule has 2 N–H and O–H groups in total. The SMILES string of the molecule is Cc1ccc(COc2cccc([C@@H](C)N)c2)cc1. The predicted octanol–water partition coefficient (Wildman–Crippen LogP) is 3.59. The number of hydrogen-bond acceptors (Lipinski definition) is 2. The average Bonchev–Trinajstić information content (AvgIpc) is 2.38. The van der Waals surface area contributed by atoms with Crippen molar-refractivity contribution in [2.24, 2.45) is 5.73 Å². The Bertz CT molecular complexity index is 503. The van der Waals surface area contributed by atoms with Gasteiger partial charge in [-0.3, -0.25) is 0 Å². The molecule has 0 aliphatic heterocycles. The van der Waals surface area contributed by atoms with Crippen LogP contribution >= 0.6 is 0 Å². The first-order chi connectivity index (χ1) is 8.65. The highest BCUT2D eigenvalue weighted by Crippen LogP contribution is 2.18. The molecule has 2 rings (SSSR count). The van der Waals surface area contributed by atoms with Crippen LogP contribution in [0.1, 0.15) is 29.7 Å². The molecule has 2 nitrogen and oxygen atoms in total. The second kappa shape index (κ2) is 5.69. The van der Waals surface area contributed by atoms with E-state index in [2.05, 4.69) is 31.2 Å². The van der Waals surface area contributed by atoms with Gasteiger partial charge in [-0.05, 0) is 37.1 Å². The minimum absolute atomic E-state index is 0.0351. The Morgan fingerprint density at radius 3 is 2.50 bits per heavy atom. The highest BCUT2D eigenvalue weighted by Gasteiger charge is 2.01. The van der Waals surface area contributed by atoms with Gasteiger partial charge in [0.2, 0.25) is 0 Å². The van der Waals surface area contributed by atoms with Crippen LogP contribution in [0.2, 0.25) is 0 Å². The standard InChI is InChI=1S/C16H19NO/c1-12-6-8-14(9-7-12)11-18-16-5-3-4-15(10-16)13(2)17/h3-10,13H,11,17H2,1-2H3/t13-/m1/s1. The van der Waals surface area contributed by atoms with Crippen LogP contribution in [0, 0.1) is 6.92 Å². The molecule has 0 saturated carbocycles. The van der Waals surface area contributed by atoms with Crippen LogP contribution in [0.4, 0.5) is 0 Å². The first-order valence-corrected chi connectivity index (χ1v) is 6.19. The van der Waals surface area contributed by atoms with E-state index in [1.54, 1.807) is 0 Å². The molecule has 0 radical (unpaired) electrons. The molecular weight excluding hydrogens is 222 g/mol. The second-order valence-corrected chi connectivity index (χ2v) is 4.64. The van der Waals surface area contributed by atoms with Gasteiger partial charge in [0.15, 0.2) is 0 Å². The zero-order valence-corrected chi connectivity index (χ0v) is 10.9. The van der Waals surface area contributed by atoms with E-state index >= 15 is 0 Å². The van der Waals surface area contributed by atoms with E-state index in [-0.39, 0.29) is 6.04 Å². The molecule has 0 fully saturated rings. The van der Waals surface area contributed by atoms with Crippen LogP contribution in [0.5, 0.6) is 5.75 Å². The lowest BCUT2D eigenvalue weighted by Crippen LogP contribution is -2.05. The average molecular weight is 241 g/mol. The van der Waals surface area contributed by atoms with Crippen LogP contribution in [-0.4, -0.2) is 0 Å². The molecule has 0 aliphatic rings. The maximum absolute atomic E-state index is 5.85. The summed E-state index contributed by atoms with van der Waals surface area (Å²) in [5.74, 6) is 0.866. The zero-order chi connectivity index (χ0) is 13.0. The highest BCUT2D eigenvalue weighted by atomic mass is 16.5. The van der Waals surface area contributed by atoms with Gasteiger partial charge in [-0.2, -0.15) is 0 Å². The topological polar surface area (TPSA) is 35.2 Å². The molecule has 0 amide bonds. The van der Waals surface area contributed by atoms with Crippen molar-refractivity contribution < 1.29 is 4.74 Å². The van der Waals surface area contributed by atoms with Crippen molar-refractivity contribution in [1.29, 1.82) is 0 Å². The molecule has 2 aromatic carbocycles. The molecule has 0 unspecified atom stereocenters. The maximum atomic E-state index is 5.85. The second-order valence-electron chi connectivity index (χ2n) is 4.64. The van der Waals surface area contributed by atoms with E-state index in [1.165, 1.54) is 11.1 Å². The number of benzene rings is 2. The van der Waals surface area contributed by atoms with Gasteiger partial charge in [0.25, 0.3) is 0 Å². The monoisotopic (exact) mass is 241 g/mol. The van der Waals surface area contributed by atoms with Crippen molar-refractivity contribution >= 4 is 0 Å². The predicted molar refractivity (Wildman–Crippen MR) is 74.6 cm³/mol. The summed E-state index contributed by atoms with van der Waals surface area (Å²) in [5.41, 5.74) is 9.38. The van der Waals surface area contributed by atoms with Crippen molar-refractivity contribution in [3.05, 3.63) is 65.2 Å². The summed E-state index contributed by atoms with van der Waals surface area (Å²) in [6.45, 7) is 4.64. The molecule has 0 spiro atoms. The van der Waals surface area contributed by atoms with Gasteiger partial charge in [0.05, 0.1) is 0 Å². The van der Waals surface area contributed by atoms with Gasteiger partial charge >= 0.3 is 0 Å². The van der Waals surface area contributed by atoms with Crippen LogP contribution < -0.4 is 10.5 Å². The molecule has 0 saturated heterocycles. The van der Waals surface area contributed by atoms with Crippen LogP contribution in [0.15, 0.2) is 48.5 Å². The number of aryl methyl sites for hydroxylation is 1. The lowest BCUT2D eigenvalue weighted by molar-refractivity contribution is 0.306. The summed E-state index contributed by atoms with van der Waals surface area (Å²) in [7, 11) is 0. The molecule has 94 valence electrons. The van der Waals surface area contributed by atoms with E-state index in [4.69, 9.17) is 10.5 Å². The van der Waals surface area contributed by atoms with E-state index in [0.29, 0.717) is 6.61 Å². The van der Waals surface area contributed by atoms with Crippen molar-refractivity contribution in [3.63, 3.8) is 0 Å². The van der Waals surface area contributed by atoms with Gasteiger partial charge in [-0.15, -0.1) is 0 Å². The highest BCUT2D eigenvalue weighted by molar-refractivity contribution is 5.30. The van der Waals surface area contributed by atoms with Crippen LogP contribution in [0.3, 0.4) is 0 Å². The summed E-state index contributed by atoms with van der Waals surface area (Å²) < 4.78 is 5.77. The largest absolute Gasteiger partial charge is 0.489 e. The van der Waals surface area contributed by atoms with Crippen molar-refractivity contribution in [1.82, 2.24) is 0 Å². The van der Waals surface area contributed by atoms with Crippen LogP contribution in [0.25, 0.3) is 0 Å². The van der Waals surface area contributed by atoms with Crippen molar-refractivity contribution in [2.75, 3.05) is 0 Å². The van der Waals surface area contributed by atoms with Gasteiger partial charge in [0.1, 0.15) is 12.4 Å². The normalized spacial score (nSPS) is 12.2. The van der Waals surface area contributed by atoms with Crippen LogP contribution in [-0.2, 0) is 6.61 Å². The van der Waals surface area contributed by atoms with E-state index in [1.807, 2.05) is 31.2 Å². The summed E-state index contributed by atoms with van der Waals surface area (Å²) in [6.07, 6.45) is 0. The Kier molecular flexibility index (Phi) is 4.00. The molecule has 18 heavy (non-hydrogen) atoms. The quantitative estimate of drug-likeness (QED) is 0.887. The molecule has 0 aliphatic carbocycles. The fourth-order valence-corrected chi connectivity index (χ4v) is 1.74. The summed E-state index contributed by atoms with van der Waals surface area (Å²) in [5, 5.41) is 0. The van der Waals surface area contributed by atoms with E-state index < -0.39 is 0 Å². The molecule has 2 heteroatoms. The molecule has 0 bridgehead atoms. The lowest BCUT2D eigenvalue weighted by Gasteiger charge is -2.10. The van der Waals surface area contributed by atoms with Crippen molar-refractivity contribution in [3.8, 4) is 5.75 Å². The fourth-order valence-electron chi connectivity index (χ4n) is 1.74. The third-order valence-electron chi connectivity index (χ3n) is 2.91. The van der Waals surface area contributed by atoms with Gasteiger partial charge in [-0.25, -0.2) is 0 Å². The Morgan fingerprint density at radius 1 is 1.11 bits per heavy atom. The lowest BCUT2D eigenvalue weighted by atomic mass is 10.1. The summed E-state index contributed by atoms with van der Waals surface area (Å²) >= 11 is 0. The minimum Gasteiger partial charge on any atom is -0.489 e. The number of nitrogens with two attached hydrogens (primary N) is 1. The first kappa shape index (κ1) is 12.7. The zero-order valence-electron chi connectivity index (χ0n) is 10.9. The van der Waals surface area contributed by atoms with Gasteiger partial charge in [0, 0.05) is 6.04 Å². The Hall–Kier alpha value is -1.80.